The van der Waals surface area contributed by atoms with Gasteiger partial charge >= 0.3 is 5.97 Å². The second-order valence-electron chi connectivity index (χ2n) is 3.39. The average Bonchev–Trinajstić information content (AvgIpc) is 2.25. The average molecular weight is 320 g/mol. The molecule has 2 atom stereocenters. The monoisotopic (exact) mass is 318 g/mol. The summed E-state index contributed by atoms with van der Waals surface area (Å²) in [4.78, 5) is 10.8. The van der Waals surface area contributed by atoms with Crippen molar-refractivity contribution in [3.8, 4) is 0 Å². The molecule has 0 aromatic heterocycles. The third-order valence-corrected chi connectivity index (χ3v) is 6.64. The van der Waals surface area contributed by atoms with E-state index in [-0.39, 0.29) is 15.8 Å². The highest BCUT2D eigenvalue weighted by molar-refractivity contribution is 7.94. The zero-order valence-electron chi connectivity index (χ0n) is 8.65. The van der Waals surface area contributed by atoms with Crippen LogP contribution in [-0.2, 0) is 14.6 Å². The fourth-order valence-electron chi connectivity index (χ4n) is 1.32. The number of aliphatic carboxylic acids is 1. The molecular formula is C9H9Cl3O4S. The zero-order chi connectivity index (χ0) is 13.4. The van der Waals surface area contributed by atoms with Crippen LogP contribution in [0.1, 0.15) is 6.92 Å². The molecule has 0 aromatic rings. The third kappa shape index (κ3) is 2.34. The van der Waals surface area contributed by atoms with E-state index in [0.29, 0.717) is 0 Å². The van der Waals surface area contributed by atoms with E-state index in [4.69, 9.17) is 39.9 Å². The maximum Gasteiger partial charge on any atom is 0.315 e. The molecule has 4 nitrogen and oxygen atoms in total. The SMILES string of the molecule is CCS(=O)(=O)C1(Cl)C=CC(C(=O)O)C(Cl)=C1Cl. The Morgan fingerprint density at radius 2 is 2.06 bits per heavy atom. The fourth-order valence-corrected chi connectivity index (χ4v) is 3.86. The van der Waals surface area contributed by atoms with Gasteiger partial charge in [0.15, 0.2) is 14.0 Å². The topological polar surface area (TPSA) is 71.4 Å². The van der Waals surface area contributed by atoms with Crippen molar-refractivity contribution in [2.45, 2.75) is 11.1 Å². The van der Waals surface area contributed by atoms with Crippen LogP contribution < -0.4 is 0 Å². The van der Waals surface area contributed by atoms with Gasteiger partial charge in [-0.15, -0.1) is 0 Å². The Labute approximate surface area is 114 Å². The minimum Gasteiger partial charge on any atom is -0.481 e. The van der Waals surface area contributed by atoms with Crippen molar-refractivity contribution < 1.29 is 18.3 Å². The van der Waals surface area contributed by atoms with Crippen molar-refractivity contribution in [2.75, 3.05) is 5.75 Å². The standard InChI is InChI=1S/C9H9Cl3O4S/c1-2-17(15,16)9(12)4-3-5(8(13)14)6(10)7(9)11/h3-5H,2H2,1H3,(H,13,14). The molecular weight excluding hydrogens is 311 g/mol. The summed E-state index contributed by atoms with van der Waals surface area (Å²) < 4.78 is 21.6. The zero-order valence-corrected chi connectivity index (χ0v) is 11.7. The van der Waals surface area contributed by atoms with E-state index in [1.54, 1.807) is 0 Å². The van der Waals surface area contributed by atoms with Gasteiger partial charge in [-0.3, -0.25) is 4.79 Å². The summed E-state index contributed by atoms with van der Waals surface area (Å²) >= 11 is 17.5. The molecule has 0 aliphatic heterocycles. The lowest BCUT2D eigenvalue weighted by atomic mass is 10.0. The van der Waals surface area contributed by atoms with Crippen LogP contribution in [0, 0.1) is 5.92 Å². The molecule has 0 heterocycles. The molecule has 2 unspecified atom stereocenters. The van der Waals surface area contributed by atoms with Crippen LogP contribution >= 0.6 is 34.8 Å². The summed E-state index contributed by atoms with van der Waals surface area (Å²) in [6.07, 6.45) is 2.18. The highest BCUT2D eigenvalue weighted by atomic mass is 35.5. The molecule has 0 bridgehead atoms. The normalized spacial score (nSPS) is 29.5. The Hall–Kier alpha value is -0.230. The van der Waals surface area contributed by atoms with Gasteiger partial charge in [0.2, 0.25) is 0 Å². The first-order chi connectivity index (χ1) is 7.67. The van der Waals surface area contributed by atoms with E-state index in [0.717, 1.165) is 12.2 Å². The van der Waals surface area contributed by atoms with Gasteiger partial charge < -0.3 is 5.11 Å². The molecule has 1 rings (SSSR count). The molecule has 0 amide bonds. The van der Waals surface area contributed by atoms with Crippen molar-refractivity contribution in [1.82, 2.24) is 0 Å². The molecule has 0 fully saturated rings. The van der Waals surface area contributed by atoms with Crippen LogP contribution in [0.4, 0.5) is 0 Å². The van der Waals surface area contributed by atoms with Gasteiger partial charge in [0.1, 0.15) is 5.92 Å². The van der Waals surface area contributed by atoms with E-state index >= 15 is 0 Å². The fraction of sp³-hybridized carbons (Fsp3) is 0.444. The number of carboxylic acids is 1. The largest absolute Gasteiger partial charge is 0.481 e. The Morgan fingerprint density at radius 3 is 2.47 bits per heavy atom. The number of alkyl halides is 1. The molecule has 0 aromatic carbocycles. The summed E-state index contributed by atoms with van der Waals surface area (Å²) in [6.45, 7) is 1.41. The number of halogens is 3. The lowest BCUT2D eigenvalue weighted by molar-refractivity contribution is -0.138. The van der Waals surface area contributed by atoms with Crippen LogP contribution in [0.25, 0.3) is 0 Å². The quantitative estimate of drug-likeness (QED) is 0.640. The second kappa shape index (κ2) is 4.80. The van der Waals surface area contributed by atoms with Crippen molar-refractivity contribution >= 4 is 50.6 Å². The minimum atomic E-state index is -3.74. The molecule has 8 heteroatoms. The summed E-state index contributed by atoms with van der Waals surface area (Å²) in [6, 6.07) is 0. The van der Waals surface area contributed by atoms with Gasteiger partial charge in [-0.25, -0.2) is 8.42 Å². The van der Waals surface area contributed by atoms with E-state index in [9.17, 15) is 13.2 Å². The first kappa shape index (κ1) is 14.8. The molecule has 0 spiro atoms. The second-order valence-corrected chi connectivity index (χ2v) is 7.44. The Balaban J connectivity index is 3.37. The van der Waals surface area contributed by atoms with Gasteiger partial charge in [0, 0.05) is 5.75 Å². The maximum absolute atomic E-state index is 11.8. The van der Waals surface area contributed by atoms with Crippen molar-refractivity contribution in [2.24, 2.45) is 5.92 Å². The summed E-state index contributed by atoms with van der Waals surface area (Å²) in [7, 11) is -3.74. The number of hydrogen-bond donors (Lipinski definition) is 1. The van der Waals surface area contributed by atoms with Gasteiger partial charge in [0.05, 0.1) is 10.1 Å². The lowest BCUT2D eigenvalue weighted by Gasteiger charge is -2.28. The lowest BCUT2D eigenvalue weighted by Crippen LogP contribution is -2.36. The van der Waals surface area contributed by atoms with Gasteiger partial charge in [0.25, 0.3) is 0 Å². The highest BCUT2D eigenvalue weighted by Crippen LogP contribution is 2.44. The summed E-state index contributed by atoms with van der Waals surface area (Å²) in [5.74, 6) is -2.63. The Kier molecular flexibility index (Phi) is 4.19. The third-order valence-electron chi connectivity index (χ3n) is 2.38. The van der Waals surface area contributed by atoms with Crippen LogP contribution in [0.15, 0.2) is 22.2 Å². The van der Waals surface area contributed by atoms with E-state index in [1.807, 2.05) is 0 Å². The number of sulfone groups is 1. The first-order valence-corrected chi connectivity index (χ1v) is 7.35. The molecule has 1 aliphatic rings. The maximum atomic E-state index is 11.8. The van der Waals surface area contributed by atoms with Crippen LogP contribution in [0.5, 0.6) is 0 Å². The Morgan fingerprint density at radius 1 is 1.53 bits per heavy atom. The number of carboxylic acid groups (broad SMARTS) is 1. The summed E-state index contributed by atoms with van der Waals surface area (Å²) in [5, 5.41) is 8.17. The molecule has 1 aliphatic carbocycles. The van der Waals surface area contributed by atoms with Crippen molar-refractivity contribution in [3.05, 3.63) is 22.2 Å². The van der Waals surface area contributed by atoms with Gasteiger partial charge in [-0.2, -0.15) is 0 Å². The molecule has 1 N–H and O–H groups in total. The van der Waals surface area contributed by atoms with E-state index in [2.05, 4.69) is 0 Å². The predicted octanol–water partition coefficient (Wildman–Crippen LogP) is 2.32. The van der Waals surface area contributed by atoms with Gasteiger partial charge in [-0.05, 0) is 6.08 Å². The molecule has 0 saturated heterocycles. The molecule has 0 saturated carbocycles. The van der Waals surface area contributed by atoms with Gasteiger partial charge in [-0.1, -0.05) is 47.8 Å². The first-order valence-electron chi connectivity index (χ1n) is 4.56. The smallest absolute Gasteiger partial charge is 0.315 e. The molecule has 0 radical (unpaired) electrons. The molecule has 17 heavy (non-hydrogen) atoms. The predicted molar refractivity (Wildman–Crippen MR) is 67.0 cm³/mol. The van der Waals surface area contributed by atoms with Crippen LogP contribution in [0.3, 0.4) is 0 Å². The molecule has 96 valence electrons. The highest BCUT2D eigenvalue weighted by Gasteiger charge is 2.46. The van der Waals surface area contributed by atoms with Crippen LogP contribution in [-0.4, -0.2) is 29.5 Å². The van der Waals surface area contributed by atoms with Crippen molar-refractivity contribution in [3.63, 3.8) is 0 Å². The minimum absolute atomic E-state index is 0.237. The number of carbonyl (C=O) groups is 1. The van der Waals surface area contributed by atoms with E-state index in [1.165, 1.54) is 6.92 Å². The van der Waals surface area contributed by atoms with Crippen molar-refractivity contribution in [1.29, 1.82) is 0 Å². The summed E-state index contributed by atoms with van der Waals surface area (Å²) in [5.41, 5.74) is 0. The number of hydrogen-bond acceptors (Lipinski definition) is 3. The Bertz CT molecular complexity index is 508. The van der Waals surface area contributed by atoms with E-state index < -0.39 is 25.9 Å². The number of rotatable bonds is 3. The van der Waals surface area contributed by atoms with Crippen LogP contribution in [0.2, 0.25) is 0 Å².